The van der Waals surface area contributed by atoms with E-state index in [2.05, 4.69) is 15.1 Å². The molecule has 60 heavy (non-hydrogen) atoms. The number of halogens is 3. The van der Waals surface area contributed by atoms with Gasteiger partial charge in [-0.2, -0.15) is 0 Å². The van der Waals surface area contributed by atoms with Gasteiger partial charge >= 0.3 is 11.9 Å². The number of amides is 2. The molecule has 2 amide bonds. The smallest absolute Gasteiger partial charge is 0.347 e. The third-order valence-electron chi connectivity index (χ3n) is 8.83. The second-order valence-corrected chi connectivity index (χ2v) is 14.6. The minimum Gasteiger partial charge on any atom is -0.480 e. The number of fused-ring (bicyclic) bond motifs is 1. The number of imide groups is 1. The summed E-state index contributed by atoms with van der Waals surface area (Å²) >= 11 is 12.0. The van der Waals surface area contributed by atoms with Gasteiger partial charge in [-0.25, -0.2) is 28.8 Å². The van der Waals surface area contributed by atoms with Crippen LogP contribution in [0.5, 0.6) is 23.1 Å². The van der Waals surface area contributed by atoms with E-state index in [9.17, 15) is 23.6 Å². The second-order valence-electron chi connectivity index (χ2n) is 13.8. The summed E-state index contributed by atoms with van der Waals surface area (Å²) in [5.41, 5.74) is 2.82. The van der Waals surface area contributed by atoms with Crippen molar-refractivity contribution < 1.29 is 52.1 Å². The number of nitrogens with zero attached hydrogens (tertiary/aromatic N) is 4. The number of anilines is 1. The fraction of sp³-hybridized carbons (Fsp3) is 0.372. The molecule has 0 saturated carbocycles. The number of carbonyl (C=O) groups is 4. The first kappa shape index (κ1) is 45.3. The molecule has 2 aliphatic rings. The van der Waals surface area contributed by atoms with Gasteiger partial charge in [-0.1, -0.05) is 48.1 Å². The number of hydrogen-bond acceptors (Lipinski definition) is 13. The molecule has 0 N–H and O–H groups in total. The zero-order valence-electron chi connectivity index (χ0n) is 33.6. The Kier molecular flexibility index (Phi) is 16.6. The topological polar surface area (TPSA) is 165 Å². The first-order valence-corrected chi connectivity index (χ1v) is 20.1. The molecule has 17 heteroatoms. The van der Waals surface area contributed by atoms with Crippen molar-refractivity contribution in [2.45, 2.75) is 78.7 Å². The van der Waals surface area contributed by atoms with Crippen molar-refractivity contribution in [3.05, 3.63) is 87.8 Å². The molecule has 0 saturated heterocycles. The maximum absolute atomic E-state index is 14.5. The normalized spacial score (nSPS) is 13.8. The highest BCUT2D eigenvalue weighted by molar-refractivity contribution is 6.34. The van der Waals surface area contributed by atoms with Crippen LogP contribution in [0.4, 0.5) is 10.1 Å². The van der Waals surface area contributed by atoms with Crippen LogP contribution in [0, 0.1) is 5.82 Å². The molecule has 6 rings (SSSR count). The summed E-state index contributed by atoms with van der Waals surface area (Å²) in [5, 5.41) is 4.29. The molecule has 2 heterocycles. The van der Waals surface area contributed by atoms with E-state index < -0.39 is 42.3 Å². The number of hydrogen-bond donors (Lipinski definition) is 0. The maximum Gasteiger partial charge on any atom is 0.347 e. The minimum atomic E-state index is -0.814. The summed E-state index contributed by atoms with van der Waals surface area (Å²) in [7, 11) is 0. The van der Waals surface area contributed by atoms with E-state index in [1.807, 2.05) is 20.8 Å². The maximum atomic E-state index is 14.5. The summed E-state index contributed by atoms with van der Waals surface area (Å²) in [5.74, 6) is -1.50. The highest BCUT2D eigenvalue weighted by Crippen LogP contribution is 2.39. The van der Waals surface area contributed by atoms with Crippen LogP contribution in [-0.2, 0) is 33.5 Å². The lowest BCUT2D eigenvalue weighted by Gasteiger charge is -2.18. The van der Waals surface area contributed by atoms with Gasteiger partial charge in [0.2, 0.25) is 5.88 Å². The number of carbonyl (C=O) groups excluding carboxylic acids is 4. The number of unbranched alkanes of at least 4 members (excludes halogenated alkanes) is 2. The van der Waals surface area contributed by atoms with Crippen molar-refractivity contribution >= 4 is 69.4 Å². The third-order valence-corrected chi connectivity index (χ3v) is 9.36. The van der Waals surface area contributed by atoms with Crippen LogP contribution in [0.1, 0.15) is 72.6 Å². The number of rotatable bonds is 17. The standard InChI is InChI=1S/C22H22ClN3O5.C21H23ClFNO5/c1-14(2)26-29-11-10-28-22(27)15(3)30-17-5-7-18(8-6-17)31-21-13-24-20-12-16(23)4-9-19(20)25-21;1-2-3-6-9-28-19(25)12-29-18-11-17(16(23)10-15(18)22)24-20(26)13-7-4-5-8-14(13)21(24)27/h4-9,12-13,15H,10-11H2,1-3H3;10-11H,2-9,12H2,1H3/t15-;/m1./s1. The van der Waals surface area contributed by atoms with E-state index in [4.69, 9.17) is 51.7 Å². The van der Waals surface area contributed by atoms with Crippen LogP contribution in [-0.4, -0.2) is 72.0 Å². The van der Waals surface area contributed by atoms with Crippen molar-refractivity contribution in [1.29, 1.82) is 0 Å². The van der Waals surface area contributed by atoms with Gasteiger partial charge in [0.05, 0.1) is 40.3 Å². The summed E-state index contributed by atoms with van der Waals surface area (Å²) in [6, 6.07) is 14.2. The molecule has 0 spiro atoms. The van der Waals surface area contributed by atoms with E-state index in [-0.39, 0.29) is 29.7 Å². The fourth-order valence-electron chi connectivity index (χ4n) is 5.92. The lowest BCUT2D eigenvalue weighted by atomic mass is 9.93. The van der Waals surface area contributed by atoms with Crippen molar-refractivity contribution in [3.8, 4) is 23.1 Å². The first-order valence-electron chi connectivity index (χ1n) is 19.4. The lowest BCUT2D eigenvalue weighted by Crippen LogP contribution is -2.32. The number of oxime groups is 1. The van der Waals surface area contributed by atoms with Gasteiger partial charge in [0, 0.05) is 22.2 Å². The van der Waals surface area contributed by atoms with Gasteiger partial charge in [-0.3, -0.25) is 9.59 Å². The van der Waals surface area contributed by atoms with Crippen LogP contribution in [0.3, 0.4) is 0 Å². The molecule has 14 nitrogen and oxygen atoms in total. The number of benzene rings is 3. The molecule has 0 fully saturated rings. The third kappa shape index (κ3) is 12.6. The molecule has 1 aliphatic heterocycles. The molecular formula is C43H45Cl2FN4O10. The van der Waals surface area contributed by atoms with Crippen molar-refractivity contribution in [3.63, 3.8) is 0 Å². The zero-order valence-corrected chi connectivity index (χ0v) is 35.1. The first-order chi connectivity index (χ1) is 28.8. The van der Waals surface area contributed by atoms with Crippen LogP contribution in [0.25, 0.3) is 11.0 Å². The number of esters is 2. The van der Waals surface area contributed by atoms with E-state index in [1.54, 1.807) is 49.4 Å². The number of aromatic nitrogens is 2. The lowest BCUT2D eigenvalue weighted by molar-refractivity contribution is -0.152. The monoisotopic (exact) mass is 866 g/mol. The minimum absolute atomic E-state index is 0.000883. The summed E-state index contributed by atoms with van der Waals surface area (Å²) in [6.45, 7) is 7.43. The van der Waals surface area contributed by atoms with Gasteiger partial charge in [-0.05, 0) is 101 Å². The fourth-order valence-corrected chi connectivity index (χ4v) is 6.29. The Labute approximate surface area is 356 Å². The Balaban J connectivity index is 0.000000228. The van der Waals surface area contributed by atoms with E-state index in [1.165, 1.54) is 12.3 Å². The van der Waals surface area contributed by atoms with Crippen LogP contribution in [0.15, 0.2) is 77.1 Å². The predicted molar refractivity (Wildman–Crippen MR) is 222 cm³/mol. The summed E-state index contributed by atoms with van der Waals surface area (Å²) in [4.78, 5) is 63.6. The molecule has 1 aliphatic carbocycles. The van der Waals surface area contributed by atoms with Crippen molar-refractivity contribution in [2.24, 2.45) is 5.16 Å². The van der Waals surface area contributed by atoms with Crippen LogP contribution >= 0.6 is 23.2 Å². The molecule has 318 valence electrons. The van der Waals surface area contributed by atoms with Crippen LogP contribution < -0.4 is 19.1 Å². The van der Waals surface area contributed by atoms with Crippen molar-refractivity contribution in [1.82, 2.24) is 9.97 Å². The SMILES string of the molecule is CC(C)=NOCCOC(=O)[C@@H](C)Oc1ccc(Oc2cnc3cc(Cl)ccc3n2)cc1.CCCCCOC(=O)COc1cc(N2C(=O)C3=C(CCCC3)C2=O)c(F)cc1Cl. The molecule has 0 unspecified atom stereocenters. The van der Waals surface area contributed by atoms with Gasteiger partial charge < -0.3 is 28.5 Å². The molecule has 1 atom stereocenters. The molecule has 4 aromatic rings. The largest absolute Gasteiger partial charge is 0.480 e. The second kappa shape index (κ2) is 22.0. The zero-order chi connectivity index (χ0) is 43.2. The van der Waals surface area contributed by atoms with E-state index in [0.29, 0.717) is 64.0 Å². The average molecular weight is 868 g/mol. The Morgan fingerprint density at radius 1 is 0.883 bits per heavy atom. The predicted octanol–water partition coefficient (Wildman–Crippen LogP) is 9.13. The van der Waals surface area contributed by atoms with Gasteiger partial charge in [0.25, 0.3) is 11.8 Å². The molecule has 3 aromatic carbocycles. The van der Waals surface area contributed by atoms with E-state index >= 15 is 0 Å². The van der Waals surface area contributed by atoms with Crippen LogP contribution in [0.2, 0.25) is 10.0 Å². The molecular weight excluding hydrogens is 822 g/mol. The highest BCUT2D eigenvalue weighted by Gasteiger charge is 2.41. The molecule has 0 radical (unpaired) electrons. The Hall–Kier alpha value is -5.80. The summed E-state index contributed by atoms with van der Waals surface area (Å²) < 4.78 is 41.4. The van der Waals surface area contributed by atoms with Gasteiger partial charge in [-0.15, -0.1) is 0 Å². The highest BCUT2D eigenvalue weighted by atomic mass is 35.5. The Morgan fingerprint density at radius 3 is 2.27 bits per heavy atom. The molecule has 1 aromatic heterocycles. The quantitative estimate of drug-likeness (QED) is 0.0325. The summed E-state index contributed by atoms with van der Waals surface area (Å²) in [6.07, 6.45) is 6.15. The molecule has 0 bridgehead atoms. The van der Waals surface area contributed by atoms with Crippen molar-refractivity contribution in [2.75, 3.05) is 31.3 Å². The van der Waals surface area contributed by atoms with Gasteiger partial charge in [0.1, 0.15) is 29.7 Å². The number of ether oxygens (including phenoxy) is 5. The average Bonchev–Trinajstić information content (AvgIpc) is 3.48. The van der Waals surface area contributed by atoms with Gasteiger partial charge in [0.15, 0.2) is 19.3 Å². The van der Waals surface area contributed by atoms with E-state index in [0.717, 1.165) is 48.8 Å². The Morgan fingerprint density at radius 2 is 1.58 bits per heavy atom. The Bertz CT molecular complexity index is 2220.